The van der Waals surface area contributed by atoms with Crippen molar-refractivity contribution < 1.29 is 5.11 Å². The van der Waals surface area contributed by atoms with E-state index in [1.54, 1.807) is 18.2 Å². The number of terminal acetylenes is 1. The Hall–Kier alpha value is -2.45. The highest BCUT2D eigenvalue weighted by Gasteiger charge is 2.13. The topological polar surface area (TPSA) is 44.0 Å². The van der Waals surface area contributed by atoms with Gasteiger partial charge in [0.2, 0.25) is 0 Å². The molecule has 0 unspecified atom stereocenters. The maximum Gasteiger partial charge on any atom is 0.116 e. The number of rotatable bonds is 1. The molecule has 88 valence electrons. The fraction of sp³-hybridized carbons (Fsp3) is 0.188. The van der Waals surface area contributed by atoms with Gasteiger partial charge in [-0.15, -0.1) is 6.42 Å². The Bertz CT molecular complexity index is 700. The zero-order chi connectivity index (χ0) is 13.3. The molecule has 0 aliphatic rings. The third-order valence-corrected chi connectivity index (χ3v) is 3.02. The molecule has 0 aliphatic carbocycles. The molecule has 0 saturated carbocycles. The summed E-state index contributed by atoms with van der Waals surface area (Å²) in [5.41, 5.74) is 2.08. The summed E-state index contributed by atoms with van der Waals surface area (Å²) in [6.45, 7) is 4.07. The van der Waals surface area contributed by atoms with Crippen molar-refractivity contribution in [3.63, 3.8) is 0 Å². The number of benzene rings is 2. The maximum absolute atomic E-state index is 9.73. The lowest BCUT2D eigenvalue weighted by atomic mass is 9.90. The lowest BCUT2D eigenvalue weighted by Crippen LogP contribution is -1.95. The number of nitriles is 1. The van der Waals surface area contributed by atoms with Crippen molar-refractivity contribution >= 4 is 10.8 Å². The minimum atomic E-state index is 0.221. The first-order valence-corrected chi connectivity index (χ1v) is 5.74. The van der Waals surface area contributed by atoms with E-state index >= 15 is 0 Å². The molecule has 0 atom stereocenters. The van der Waals surface area contributed by atoms with Crippen molar-refractivity contribution in [2.75, 3.05) is 0 Å². The van der Waals surface area contributed by atoms with Crippen LogP contribution in [0, 0.1) is 23.7 Å². The van der Waals surface area contributed by atoms with E-state index in [1.807, 2.05) is 19.9 Å². The molecule has 2 aromatic carbocycles. The average molecular weight is 235 g/mol. The van der Waals surface area contributed by atoms with E-state index in [0.717, 1.165) is 16.3 Å². The number of hydrogen-bond donors (Lipinski definition) is 1. The highest BCUT2D eigenvalue weighted by molar-refractivity contribution is 5.94. The van der Waals surface area contributed by atoms with Crippen LogP contribution >= 0.6 is 0 Å². The quantitative estimate of drug-likeness (QED) is 0.768. The average Bonchev–Trinajstić information content (AvgIpc) is 2.35. The molecule has 2 aromatic rings. The van der Waals surface area contributed by atoms with Gasteiger partial charge < -0.3 is 5.11 Å². The molecule has 0 heterocycles. The second kappa shape index (κ2) is 4.43. The number of fused-ring (bicyclic) bond motifs is 1. The Balaban J connectivity index is 3.00. The molecule has 2 rings (SSSR count). The zero-order valence-corrected chi connectivity index (χ0v) is 10.4. The molecule has 0 aromatic heterocycles. The minimum absolute atomic E-state index is 0.221. The maximum atomic E-state index is 9.73. The lowest BCUT2D eigenvalue weighted by Gasteiger charge is -2.13. The molecular formula is C16H13NO. The third kappa shape index (κ3) is 1.79. The Morgan fingerprint density at radius 3 is 2.56 bits per heavy atom. The fourth-order valence-electron chi connectivity index (χ4n) is 2.18. The van der Waals surface area contributed by atoms with Crippen LogP contribution in [-0.2, 0) is 0 Å². The highest BCUT2D eigenvalue weighted by Crippen LogP contribution is 2.33. The van der Waals surface area contributed by atoms with Crippen molar-refractivity contribution in [1.29, 1.82) is 5.26 Å². The zero-order valence-electron chi connectivity index (χ0n) is 10.4. The predicted octanol–water partition coefficient (Wildman–Crippen LogP) is 3.52. The first-order chi connectivity index (χ1) is 8.58. The standard InChI is InChI=1S/C16H13NO/c1-4-14-12(9-17)6-5-11-7-13(18)8-15(10(2)3)16(11)14/h1,5-8,10,18H,2-3H3. The summed E-state index contributed by atoms with van der Waals surface area (Å²) in [4.78, 5) is 0. The summed E-state index contributed by atoms with van der Waals surface area (Å²) in [6, 6.07) is 9.02. The molecule has 0 bridgehead atoms. The van der Waals surface area contributed by atoms with Gasteiger partial charge in [-0.2, -0.15) is 5.26 Å². The summed E-state index contributed by atoms with van der Waals surface area (Å²) in [7, 11) is 0. The van der Waals surface area contributed by atoms with Crippen LogP contribution in [0.25, 0.3) is 10.8 Å². The molecule has 2 nitrogen and oxygen atoms in total. The van der Waals surface area contributed by atoms with Gasteiger partial charge in [0, 0.05) is 5.39 Å². The van der Waals surface area contributed by atoms with Crippen molar-refractivity contribution in [2.45, 2.75) is 19.8 Å². The Morgan fingerprint density at radius 1 is 1.28 bits per heavy atom. The van der Waals surface area contributed by atoms with Crippen molar-refractivity contribution in [1.82, 2.24) is 0 Å². The van der Waals surface area contributed by atoms with Crippen LogP contribution in [0.3, 0.4) is 0 Å². The molecule has 2 heteroatoms. The van der Waals surface area contributed by atoms with E-state index in [9.17, 15) is 5.11 Å². The molecular weight excluding hydrogens is 222 g/mol. The van der Waals surface area contributed by atoms with Crippen LogP contribution < -0.4 is 0 Å². The van der Waals surface area contributed by atoms with Gasteiger partial charge in [-0.3, -0.25) is 0 Å². The molecule has 0 aliphatic heterocycles. The summed E-state index contributed by atoms with van der Waals surface area (Å²) in [5.74, 6) is 3.04. The molecule has 0 saturated heterocycles. The Morgan fingerprint density at radius 2 is 2.00 bits per heavy atom. The molecule has 0 amide bonds. The first kappa shape index (κ1) is 12.0. The van der Waals surface area contributed by atoms with Crippen LogP contribution in [0.15, 0.2) is 24.3 Å². The largest absolute Gasteiger partial charge is 0.508 e. The number of aromatic hydroxyl groups is 1. The third-order valence-electron chi connectivity index (χ3n) is 3.02. The van der Waals surface area contributed by atoms with E-state index in [4.69, 9.17) is 11.7 Å². The van der Waals surface area contributed by atoms with Crippen LogP contribution in [0.4, 0.5) is 0 Å². The smallest absolute Gasteiger partial charge is 0.116 e. The SMILES string of the molecule is C#Cc1c(C#N)ccc2cc(O)cc(C(C)C)c12. The minimum Gasteiger partial charge on any atom is -0.508 e. The van der Waals surface area contributed by atoms with Crippen LogP contribution in [0.2, 0.25) is 0 Å². The fourth-order valence-corrected chi connectivity index (χ4v) is 2.18. The molecule has 1 N–H and O–H groups in total. The molecule has 0 fully saturated rings. The normalized spacial score (nSPS) is 10.3. The number of phenols is 1. The summed E-state index contributed by atoms with van der Waals surface area (Å²) in [6.07, 6.45) is 5.54. The molecule has 0 spiro atoms. The van der Waals surface area contributed by atoms with Crippen LogP contribution in [-0.4, -0.2) is 5.11 Å². The van der Waals surface area contributed by atoms with Crippen LogP contribution in [0.5, 0.6) is 5.75 Å². The number of phenolic OH excluding ortho intramolecular Hbond substituents is 1. The first-order valence-electron chi connectivity index (χ1n) is 5.74. The summed E-state index contributed by atoms with van der Waals surface area (Å²) >= 11 is 0. The molecule has 18 heavy (non-hydrogen) atoms. The van der Waals surface area contributed by atoms with Gasteiger partial charge in [-0.1, -0.05) is 25.8 Å². The molecule has 0 radical (unpaired) electrons. The Labute approximate surface area is 106 Å². The summed E-state index contributed by atoms with van der Waals surface area (Å²) in [5, 5.41) is 20.6. The van der Waals surface area contributed by atoms with Gasteiger partial charge in [-0.05, 0) is 35.1 Å². The number of nitrogens with zero attached hydrogens (tertiary/aromatic N) is 1. The van der Waals surface area contributed by atoms with Crippen molar-refractivity contribution in [3.05, 3.63) is 41.0 Å². The highest BCUT2D eigenvalue weighted by atomic mass is 16.3. The van der Waals surface area contributed by atoms with E-state index in [0.29, 0.717) is 11.1 Å². The van der Waals surface area contributed by atoms with Gasteiger partial charge in [0.05, 0.1) is 11.1 Å². The van der Waals surface area contributed by atoms with Crippen molar-refractivity contribution in [3.8, 4) is 24.2 Å². The van der Waals surface area contributed by atoms with Gasteiger partial charge in [0.1, 0.15) is 11.8 Å². The van der Waals surface area contributed by atoms with Gasteiger partial charge in [0.15, 0.2) is 0 Å². The van der Waals surface area contributed by atoms with Gasteiger partial charge in [-0.25, -0.2) is 0 Å². The second-order valence-corrected chi connectivity index (χ2v) is 4.53. The summed E-state index contributed by atoms with van der Waals surface area (Å²) < 4.78 is 0. The van der Waals surface area contributed by atoms with E-state index < -0.39 is 0 Å². The van der Waals surface area contributed by atoms with Gasteiger partial charge in [0.25, 0.3) is 0 Å². The van der Waals surface area contributed by atoms with Gasteiger partial charge >= 0.3 is 0 Å². The van der Waals surface area contributed by atoms with E-state index in [1.165, 1.54) is 0 Å². The van der Waals surface area contributed by atoms with E-state index in [2.05, 4.69) is 12.0 Å². The van der Waals surface area contributed by atoms with E-state index in [-0.39, 0.29) is 11.7 Å². The lowest BCUT2D eigenvalue weighted by molar-refractivity contribution is 0.475. The van der Waals surface area contributed by atoms with Crippen LogP contribution in [0.1, 0.15) is 36.5 Å². The predicted molar refractivity (Wildman–Crippen MR) is 72.4 cm³/mol. The number of hydrogen-bond acceptors (Lipinski definition) is 2. The van der Waals surface area contributed by atoms with Crippen molar-refractivity contribution in [2.24, 2.45) is 0 Å². The monoisotopic (exact) mass is 235 g/mol. The second-order valence-electron chi connectivity index (χ2n) is 4.53. The Kier molecular flexibility index (Phi) is 2.96.